The van der Waals surface area contributed by atoms with Crippen molar-refractivity contribution < 1.29 is 46.6 Å². The zero-order valence-corrected chi connectivity index (χ0v) is 25.9. The predicted octanol–water partition coefficient (Wildman–Crippen LogP) is 7.72. The van der Waals surface area contributed by atoms with E-state index in [0.717, 1.165) is 28.8 Å². The first-order valence-corrected chi connectivity index (χ1v) is 15.2. The number of rotatable bonds is 10. The second-order valence-corrected chi connectivity index (χ2v) is 11.4. The lowest BCUT2D eigenvalue weighted by molar-refractivity contribution is -0.793. The molecule has 1 aliphatic rings. The first-order valence-electron chi connectivity index (χ1n) is 15.2. The molecule has 5 rings (SSSR count). The Kier molecular flexibility index (Phi) is 10.3. The number of hydrogen-bond acceptors (Lipinski definition) is 5. The largest absolute Gasteiger partial charge is 0.525 e. The standard InChI is InChI=1S/C37H33F3N2O6/c1-2-20-47-36(46)42(35(45)41-22-33(34(43)44)29-12-10-27(11-13-29)26-6-4-3-5-7-26)19-18-28-14-17-32(21-30(28)23-42)48-24-25-8-15-31(16-9-25)37(38,39)40/h2-17,21,33H,1,18-20,22-24H2,(H-,41,43,44,45)/p+1. The number of hydrogen-bond donors (Lipinski definition) is 2. The monoisotopic (exact) mass is 659 g/mol. The van der Waals surface area contributed by atoms with E-state index in [2.05, 4.69) is 11.9 Å². The quantitative estimate of drug-likeness (QED) is 0.134. The van der Waals surface area contributed by atoms with Gasteiger partial charge in [0.2, 0.25) is 0 Å². The summed E-state index contributed by atoms with van der Waals surface area (Å²) in [5.74, 6) is -1.81. The van der Waals surface area contributed by atoms with Gasteiger partial charge in [-0.2, -0.15) is 18.0 Å². The first-order chi connectivity index (χ1) is 23.0. The van der Waals surface area contributed by atoms with E-state index in [1.54, 1.807) is 24.3 Å². The van der Waals surface area contributed by atoms with Crippen LogP contribution in [0.5, 0.6) is 5.75 Å². The number of quaternary nitrogens is 1. The van der Waals surface area contributed by atoms with Crippen LogP contribution < -0.4 is 10.1 Å². The van der Waals surface area contributed by atoms with Gasteiger partial charge in [-0.05, 0) is 52.1 Å². The lowest BCUT2D eigenvalue weighted by Crippen LogP contribution is -2.63. The van der Waals surface area contributed by atoms with Gasteiger partial charge in [0.15, 0.2) is 0 Å². The summed E-state index contributed by atoms with van der Waals surface area (Å²) in [5.41, 5.74) is 3.68. The van der Waals surface area contributed by atoms with Crippen LogP contribution in [0.3, 0.4) is 0 Å². The fourth-order valence-electron chi connectivity index (χ4n) is 5.61. The van der Waals surface area contributed by atoms with E-state index in [4.69, 9.17) is 9.47 Å². The van der Waals surface area contributed by atoms with Crippen LogP contribution in [0.4, 0.5) is 22.8 Å². The van der Waals surface area contributed by atoms with Gasteiger partial charge >= 0.3 is 24.3 Å². The minimum Gasteiger partial charge on any atom is -0.489 e. The maximum atomic E-state index is 13.9. The number of fused-ring (bicyclic) bond motifs is 1. The molecule has 3 amide bonds. The van der Waals surface area contributed by atoms with Crippen LogP contribution >= 0.6 is 0 Å². The maximum Gasteiger partial charge on any atom is 0.525 e. The topological polar surface area (TPSA) is 102 Å². The number of carboxylic acid groups (broad SMARTS) is 1. The summed E-state index contributed by atoms with van der Waals surface area (Å²) in [4.78, 5) is 39.6. The fraction of sp³-hybridized carbons (Fsp3) is 0.216. The van der Waals surface area contributed by atoms with Crippen molar-refractivity contribution in [1.29, 1.82) is 0 Å². The van der Waals surface area contributed by atoms with E-state index < -0.39 is 40.2 Å². The molecule has 2 N–H and O–H groups in total. The van der Waals surface area contributed by atoms with E-state index >= 15 is 0 Å². The normalized spacial score (nSPS) is 16.2. The van der Waals surface area contributed by atoms with Gasteiger partial charge in [-0.25, -0.2) is 4.79 Å². The molecule has 0 fully saturated rings. The molecular formula is C37H34F3N2O6+. The SMILES string of the molecule is C=CCOC(=O)[N+]1(C(=O)NCC(C(=O)O)c2ccc(-c3ccccc3)cc2)CCc2ccc(OCc3ccc(C(F)(F)F)cc3)cc2C1. The maximum absolute atomic E-state index is 13.9. The molecule has 48 heavy (non-hydrogen) atoms. The molecule has 4 aromatic rings. The molecule has 0 saturated heterocycles. The molecule has 4 aromatic carbocycles. The van der Waals surface area contributed by atoms with E-state index in [9.17, 15) is 32.7 Å². The van der Waals surface area contributed by atoms with E-state index in [1.807, 2.05) is 48.5 Å². The average molecular weight is 660 g/mol. The zero-order chi connectivity index (χ0) is 34.3. The third kappa shape index (κ3) is 7.75. The van der Waals surface area contributed by atoms with Gasteiger partial charge in [0.1, 0.15) is 32.1 Å². The number of carbonyl (C=O) groups excluding carboxylic acids is 2. The highest BCUT2D eigenvalue weighted by molar-refractivity contribution is 5.82. The zero-order valence-electron chi connectivity index (χ0n) is 25.9. The molecule has 1 aliphatic heterocycles. The molecule has 0 aromatic heterocycles. The number of halogens is 3. The number of amides is 3. The van der Waals surface area contributed by atoms with Crippen molar-refractivity contribution in [3.8, 4) is 16.9 Å². The summed E-state index contributed by atoms with van der Waals surface area (Å²) in [5, 5.41) is 12.7. The predicted molar refractivity (Wildman–Crippen MR) is 172 cm³/mol. The van der Waals surface area contributed by atoms with Crippen LogP contribution in [0.25, 0.3) is 11.1 Å². The molecule has 0 aliphatic carbocycles. The van der Waals surface area contributed by atoms with Gasteiger partial charge in [-0.15, -0.1) is 4.48 Å². The number of nitrogens with one attached hydrogen (secondary N) is 1. The lowest BCUT2D eigenvalue weighted by Gasteiger charge is -2.35. The van der Waals surface area contributed by atoms with Crippen molar-refractivity contribution in [3.05, 3.63) is 138 Å². The number of urea groups is 1. The Labute approximate surface area is 275 Å². The van der Waals surface area contributed by atoms with Crippen LogP contribution in [0.15, 0.2) is 110 Å². The number of carboxylic acids is 1. The summed E-state index contributed by atoms with van der Waals surface area (Å²) in [6.45, 7) is 3.17. The lowest BCUT2D eigenvalue weighted by atomic mass is 9.96. The van der Waals surface area contributed by atoms with Gasteiger partial charge < -0.3 is 19.9 Å². The van der Waals surface area contributed by atoms with Crippen molar-refractivity contribution in [2.75, 3.05) is 19.7 Å². The summed E-state index contributed by atoms with van der Waals surface area (Å²) in [6.07, 6.45) is -3.52. The molecule has 0 bridgehead atoms. The Morgan fingerprint density at radius 1 is 0.917 bits per heavy atom. The molecular weight excluding hydrogens is 625 g/mol. The van der Waals surface area contributed by atoms with Crippen molar-refractivity contribution in [2.45, 2.75) is 31.7 Å². The van der Waals surface area contributed by atoms with Gasteiger partial charge in [0.25, 0.3) is 0 Å². The van der Waals surface area contributed by atoms with Crippen molar-refractivity contribution >= 4 is 18.1 Å². The summed E-state index contributed by atoms with van der Waals surface area (Å²) < 4.78 is 49.2. The number of alkyl halides is 3. The molecule has 0 spiro atoms. The van der Waals surface area contributed by atoms with Crippen LogP contribution in [-0.2, 0) is 35.3 Å². The first kappa shape index (κ1) is 33.9. The Hall–Kier alpha value is -5.42. The van der Waals surface area contributed by atoms with Gasteiger partial charge in [0.05, 0.1) is 11.5 Å². The number of carbonyl (C=O) groups is 3. The molecule has 2 atom stereocenters. The van der Waals surface area contributed by atoms with Crippen LogP contribution in [-0.4, -0.2) is 47.4 Å². The van der Waals surface area contributed by atoms with Gasteiger partial charge in [-0.1, -0.05) is 85.5 Å². The minimum absolute atomic E-state index is 0.00168. The minimum atomic E-state index is -4.44. The molecule has 248 valence electrons. The van der Waals surface area contributed by atoms with E-state index in [0.29, 0.717) is 28.9 Å². The van der Waals surface area contributed by atoms with Crippen molar-refractivity contribution in [2.24, 2.45) is 0 Å². The smallest absolute Gasteiger partial charge is 0.489 e. The molecule has 2 unspecified atom stereocenters. The third-order valence-electron chi connectivity index (χ3n) is 8.31. The fourth-order valence-corrected chi connectivity index (χ4v) is 5.61. The van der Waals surface area contributed by atoms with E-state index in [1.165, 1.54) is 18.2 Å². The third-order valence-corrected chi connectivity index (χ3v) is 8.31. The Morgan fingerprint density at radius 3 is 2.25 bits per heavy atom. The Balaban J connectivity index is 1.32. The summed E-state index contributed by atoms with van der Waals surface area (Å²) in [6, 6.07) is 25.8. The molecule has 0 radical (unpaired) electrons. The number of imide groups is 1. The van der Waals surface area contributed by atoms with Crippen LogP contribution in [0, 0.1) is 0 Å². The van der Waals surface area contributed by atoms with Gasteiger partial charge in [0, 0.05) is 18.5 Å². The Bertz CT molecular complexity index is 1780. The second-order valence-electron chi connectivity index (χ2n) is 11.4. The summed E-state index contributed by atoms with van der Waals surface area (Å²) >= 11 is 0. The summed E-state index contributed by atoms with van der Waals surface area (Å²) in [7, 11) is 0. The Morgan fingerprint density at radius 2 is 1.60 bits per heavy atom. The molecule has 0 saturated carbocycles. The van der Waals surface area contributed by atoms with Crippen molar-refractivity contribution in [3.63, 3.8) is 0 Å². The number of benzene rings is 4. The molecule has 11 heteroatoms. The highest BCUT2D eigenvalue weighted by Crippen LogP contribution is 2.32. The number of nitrogens with zero attached hydrogens (tertiary/aromatic N) is 1. The van der Waals surface area contributed by atoms with E-state index in [-0.39, 0.29) is 32.8 Å². The average Bonchev–Trinajstić information content (AvgIpc) is 3.09. The number of ether oxygens (including phenoxy) is 2. The van der Waals surface area contributed by atoms with Gasteiger partial charge in [-0.3, -0.25) is 4.79 Å². The van der Waals surface area contributed by atoms with Crippen molar-refractivity contribution in [1.82, 2.24) is 5.32 Å². The highest BCUT2D eigenvalue weighted by Gasteiger charge is 2.49. The molecule has 8 nitrogen and oxygen atoms in total. The van der Waals surface area contributed by atoms with Crippen LogP contribution in [0.1, 0.15) is 33.7 Å². The number of aliphatic carboxylic acids is 1. The molecule has 1 heterocycles. The highest BCUT2D eigenvalue weighted by atomic mass is 19.4. The second kappa shape index (κ2) is 14.6. The van der Waals surface area contributed by atoms with Crippen LogP contribution in [0.2, 0.25) is 0 Å².